The average molecular weight is 518 g/mol. The number of carbonyl (C=O) groups is 2. The van der Waals surface area contributed by atoms with Gasteiger partial charge in [-0.25, -0.2) is 8.42 Å². The number of hydrogen-bond donors (Lipinski definition) is 1. The predicted octanol–water partition coefficient (Wildman–Crippen LogP) is 3.66. The van der Waals surface area contributed by atoms with Gasteiger partial charge in [-0.3, -0.25) is 13.9 Å². The number of aryl methyl sites for hydroxylation is 2. The third-order valence-electron chi connectivity index (χ3n) is 5.79. The van der Waals surface area contributed by atoms with Crippen LogP contribution in [0.4, 0.5) is 5.69 Å². The molecule has 8 nitrogen and oxygen atoms in total. The molecule has 0 spiro atoms. The lowest BCUT2D eigenvalue weighted by Gasteiger charge is -2.33. The van der Waals surface area contributed by atoms with Gasteiger partial charge in [0.2, 0.25) is 21.8 Å². The van der Waals surface area contributed by atoms with E-state index in [1.165, 1.54) is 12.0 Å². The van der Waals surface area contributed by atoms with Crippen molar-refractivity contribution in [1.82, 2.24) is 10.2 Å². The summed E-state index contributed by atoms with van der Waals surface area (Å²) in [5.74, 6) is -0.143. The van der Waals surface area contributed by atoms with E-state index in [2.05, 4.69) is 5.32 Å². The van der Waals surface area contributed by atoms with E-state index in [-0.39, 0.29) is 24.1 Å². The zero-order chi connectivity index (χ0) is 27.0. The Bertz CT molecular complexity index is 1160. The first-order valence-electron chi connectivity index (χ1n) is 12.1. The summed E-state index contributed by atoms with van der Waals surface area (Å²) in [5.41, 5.74) is 2.99. The van der Waals surface area contributed by atoms with Gasteiger partial charge in [-0.1, -0.05) is 56.7 Å². The number of nitrogens with one attached hydrogen (secondary N) is 1. The molecule has 0 aliphatic carbocycles. The first-order chi connectivity index (χ1) is 16.9. The molecular formula is C27H39N3O5S. The fraction of sp³-hybridized carbons (Fsp3) is 0.481. The lowest BCUT2D eigenvalue weighted by Crippen LogP contribution is -2.52. The molecule has 2 rings (SSSR count). The van der Waals surface area contributed by atoms with E-state index in [1.807, 2.05) is 58.9 Å². The zero-order valence-corrected chi connectivity index (χ0v) is 23.2. The minimum absolute atomic E-state index is 0.177. The van der Waals surface area contributed by atoms with E-state index in [9.17, 15) is 18.0 Å². The molecular weight excluding hydrogens is 478 g/mol. The summed E-state index contributed by atoms with van der Waals surface area (Å²) in [5, 5.41) is 2.92. The highest BCUT2D eigenvalue weighted by Crippen LogP contribution is 2.31. The van der Waals surface area contributed by atoms with E-state index in [0.717, 1.165) is 27.3 Å². The second kappa shape index (κ2) is 12.8. The van der Waals surface area contributed by atoms with Gasteiger partial charge in [0.05, 0.1) is 19.1 Å². The normalized spacial score (nSPS) is 12.2. The molecule has 9 heteroatoms. The minimum Gasteiger partial charge on any atom is -0.495 e. The number of rotatable bonds is 12. The Labute approximate surface area is 215 Å². The van der Waals surface area contributed by atoms with Gasteiger partial charge in [-0.05, 0) is 49.4 Å². The van der Waals surface area contributed by atoms with Crippen molar-refractivity contribution in [2.24, 2.45) is 5.92 Å². The Balaban J connectivity index is 2.49. The maximum absolute atomic E-state index is 13.8. The molecule has 0 aliphatic heterocycles. The predicted molar refractivity (Wildman–Crippen MR) is 144 cm³/mol. The van der Waals surface area contributed by atoms with E-state index < -0.39 is 28.5 Å². The standard InChI is InChI=1S/C27H39N3O5S/c1-8-23(27(32)28-16-19(2)3)29(17-22-11-9-10-20(4)14-22)26(31)18-30(36(7,33)34)24-15-21(5)12-13-25(24)35-6/h9-15,19,23H,8,16-18H2,1-7H3,(H,28,32). The first-order valence-corrected chi connectivity index (χ1v) is 14.0. The van der Waals surface area contributed by atoms with Gasteiger partial charge >= 0.3 is 0 Å². The van der Waals surface area contributed by atoms with Crippen LogP contribution >= 0.6 is 0 Å². The van der Waals surface area contributed by atoms with Gasteiger partial charge in [0, 0.05) is 13.1 Å². The Kier molecular flexibility index (Phi) is 10.3. The van der Waals surface area contributed by atoms with Crippen LogP contribution < -0.4 is 14.4 Å². The van der Waals surface area contributed by atoms with E-state index in [1.54, 1.807) is 18.2 Å². The van der Waals surface area contributed by atoms with Gasteiger partial charge < -0.3 is 15.0 Å². The maximum Gasteiger partial charge on any atom is 0.244 e. The molecule has 2 amide bonds. The lowest BCUT2D eigenvalue weighted by molar-refractivity contribution is -0.140. The van der Waals surface area contributed by atoms with Crippen molar-refractivity contribution in [3.8, 4) is 5.75 Å². The van der Waals surface area contributed by atoms with Crippen molar-refractivity contribution in [2.75, 3.05) is 30.8 Å². The molecule has 1 unspecified atom stereocenters. The molecule has 0 fully saturated rings. The SMILES string of the molecule is CCC(C(=O)NCC(C)C)N(Cc1cccc(C)c1)C(=O)CN(c1cc(C)ccc1OC)S(C)(=O)=O. The van der Waals surface area contributed by atoms with Crippen LogP contribution in [-0.2, 0) is 26.2 Å². The highest BCUT2D eigenvalue weighted by atomic mass is 32.2. The largest absolute Gasteiger partial charge is 0.495 e. The number of sulfonamides is 1. The van der Waals surface area contributed by atoms with E-state index in [4.69, 9.17) is 4.74 Å². The number of amides is 2. The fourth-order valence-electron chi connectivity index (χ4n) is 3.94. The third-order valence-corrected chi connectivity index (χ3v) is 6.91. The molecule has 2 aromatic rings. The number of ether oxygens (including phenoxy) is 1. The summed E-state index contributed by atoms with van der Waals surface area (Å²) >= 11 is 0. The molecule has 36 heavy (non-hydrogen) atoms. The summed E-state index contributed by atoms with van der Waals surface area (Å²) in [7, 11) is -2.39. The van der Waals surface area contributed by atoms with Crippen LogP contribution in [0, 0.1) is 19.8 Å². The first kappa shape index (κ1) is 29.2. The number of carbonyl (C=O) groups excluding carboxylic acids is 2. The number of anilines is 1. The minimum atomic E-state index is -3.84. The molecule has 1 N–H and O–H groups in total. The highest BCUT2D eigenvalue weighted by Gasteiger charge is 2.32. The summed E-state index contributed by atoms with van der Waals surface area (Å²) < 4.78 is 32.1. The smallest absolute Gasteiger partial charge is 0.244 e. The average Bonchev–Trinajstić information content (AvgIpc) is 2.80. The molecule has 0 aliphatic rings. The van der Waals surface area contributed by atoms with E-state index >= 15 is 0 Å². The van der Waals surface area contributed by atoms with Gasteiger partial charge in [-0.2, -0.15) is 0 Å². The van der Waals surface area contributed by atoms with Crippen molar-refractivity contribution in [3.05, 3.63) is 59.2 Å². The molecule has 0 aromatic heterocycles. The molecule has 198 valence electrons. The second-order valence-electron chi connectivity index (χ2n) is 9.52. The van der Waals surface area contributed by atoms with Crippen LogP contribution in [0.3, 0.4) is 0 Å². The number of methoxy groups -OCH3 is 1. The van der Waals surface area contributed by atoms with Crippen molar-refractivity contribution in [1.29, 1.82) is 0 Å². The van der Waals surface area contributed by atoms with Crippen molar-refractivity contribution in [2.45, 2.75) is 53.6 Å². The van der Waals surface area contributed by atoms with Gasteiger partial charge in [-0.15, -0.1) is 0 Å². The molecule has 0 heterocycles. The number of nitrogens with zero attached hydrogens (tertiary/aromatic N) is 2. The summed E-state index contributed by atoms with van der Waals surface area (Å²) in [6.07, 6.45) is 1.44. The van der Waals surface area contributed by atoms with Crippen molar-refractivity contribution >= 4 is 27.5 Å². The van der Waals surface area contributed by atoms with Crippen molar-refractivity contribution in [3.63, 3.8) is 0 Å². The van der Waals surface area contributed by atoms with Crippen LogP contribution in [-0.4, -0.2) is 57.6 Å². The molecule has 0 bridgehead atoms. The second-order valence-corrected chi connectivity index (χ2v) is 11.4. The van der Waals surface area contributed by atoms with Crippen LogP contribution in [0.2, 0.25) is 0 Å². The number of benzene rings is 2. The van der Waals surface area contributed by atoms with Gasteiger partial charge in [0.25, 0.3) is 0 Å². The Morgan fingerprint density at radius 2 is 1.72 bits per heavy atom. The molecule has 0 saturated heterocycles. The quantitative estimate of drug-likeness (QED) is 0.464. The lowest BCUT2D eigenvalue weighted by atomic mass is 10.1. The zero-order valence-electron chi connectivity index (χ0n) is 22.4. The van der Waals surface area contributed by atoms with Crippen LogP contribution in [0.1, 0.15) is 43.9 Å². The Hall–Kier alpha value is -3.07. The monoisotopic (exact) mass is 517 g/mol. The highest BCUT2D eigenvalue weighted by molar-refractivity contribution is 7.92. The summed E-state index contributed by atoms with van der Waals surface area (Å²) in [6, 6.07) is 12.1. The maximum atomic E-state index is 13.8. The summed E-state index contributed by atoms with van der Waals surface area (Å²) in [4.78, 5) is 28.4. The molecule has 2 aromatic carbocycles. The van der Waals surface area contributed by atoms with Crippen molar-refractivity contribution < 1.29 is 22.7 Å². The van der Waals surface area contributed by atoms with E-state index in [0.29, 0.717) is 18.7 Å². The summed E-state index contributed by atoms with van der Waals surface area (Å²) in [6.45, 7) is 9.83. The van der Waals surface area contributed by atoms with Gasteiger partial charge in [0.15, 0.2) is 0 Å². The van der Waals surface area contributed by atoms with Crippen LogP contribution in [0.15, 0.2) is 42.5 Å². The Morgan fingerprint density at radius 1 is 1.06 bits per heavy atom. The van der Waals surface area contributed by atoms with Crippen LogP contribution in [0.25, 0.3) is 0 Å². The molecule has 0 radical (unpaired) electrons. The molecule has 1 atom stereocenters. The topological polar surface area (TPSA) is 96.0 Å². The van der Waals surface area contributed by atoms with Gasteiger partial charge in [0.1, 0.15) is 18.3 Å². The Morgan fingerprint density at radius 3 is 2.28 bits per heavy atom. The van der Waals surface area contributed by atoms with Crippen LogP contribution in [0.5, 0.6) is 5.75 Å². The third kappa shape index (κ3) is 7.98. The molecule has 0 saturated carbocycles. The fourth-order valence-corrected chi connectivity index (χ4v) is 4.78. The number of hydrogen-bond acceptors (Lipinski definition) is 5.